The highest BCUT2D eigenvalue weighted by molar-refractivity contribution is 14.0. The zero-order valence-corrected chi connectivity index (χ0v) is 13.5. The number of hydrogen-bond donors (Lipinski definition) is 2. The molecule has 0 amide bonds. The topological polar surface area (TPSA) is 45.7 Å². The van der Waals surface area contributed by atoms with Gasteiger partial charge in [0.2, 0.25) is 0 Å². The Labute approximate surface area is 122 Å². The van der Waals surface area contributed by atoms with E-state index in [0.717, 1.165) is 32.3 Å². The molecule has 0 aromatic rings. The van der Waals surface area contributed by atoms with Gasteiger partial charge in [-0.25, -0.2) is 0 Å². The first-order valence-corrected chi connectivity index (χ1v) is 6.22. The molecule has 4 nitrogen and oxygen atoms in total. The van der Waals surface area contributed by atoms with E-state index in [1.807, 2.05) is 7.05 Å². The van der Waals surface area contributed by atoms with E-state index in [4.69, 9.17) is 4.74 Å². The minimum atomic E-state index is 0. The van der Waals surface area contributed by atoms with Crippen molar-refractivity contribution >= 4 is 29.9 Å². The van der Waals surface area contributed by atoms with Crippen LogP contribution in [0.15, 0.2) is 4.99 Å². The van der Waals surface area contributed by atoms with Gasteiger partial charge in [-0.2, -0.15) is 0 Å². The van der Waals surface area contributed by atoms with E-state index >= 15 is 0 Å². The number of nitrogens with zero attached hydrogens (tertiary/aromatic N) is 1. The van der Waals surface area contributed by atoms with Crippen LogP contribution in [0.3, 0.4) is 0 Å². The fourth-order valence-corrected chi connectivity index (χ4v) is 1.65. The van der Waals surface area contributed by atoms with Gasteiger partial charge >= 0.3 is 0 Å². The molecule has 5 heteroatoms. The Morgan fingerprint density at radius 2 is 2.00 bits per heavy atom. The molecule has 17 heavy (non-hydrogen) atoms. The standard InChI is InChI=1S/C12H25N3O.HI/c1-4-5-6-7-14-11(13-3)15-8-12(2)9-16-10-12;/h4-10H2,1-3H3,(H2,13,14,15);1H. The van der Waals surface area contributed by atoms with Crippen molar-refractivity contribution < 1.29 is 4.74 Å². The summed E-state index contributed by atoms with van der Waals surface area (Å²) < 4.78 is 5.22. The largest absolute Gasteiger partial charge is 0.380 e. The Hall–Kier alpha value is -0.0400. The third-order valence-electron chi connectivity index (χ3n) is 2.88. The molecule has 102 valence electrons. The van der Waals surface area contributed by atoms with Crippen LogP contribution in [-0.4, -0.2) is 39.3 Å². The molecule has 0 atom stereocenters. The van der Waals surface area contributed by atoms with E-state index in [0.29, 0.717) is 5.41 Å². The van der Waals surface area contributed by atoms with Gasteiger partial charge < -0.3 is 15.4 Å². The average Bonchev–Trinajstić information content (AvgIpc) is 2.26. The van der Waals surface area contributed by atoms with Crippen LogP contribution in [0.25, 0.3) is 0 Å². The number of nitrogens with one attached hydrogen (secondary N) is 2. The lowest BCUT2D eigenvalue weighted by Crippen LogP contribution is -2.51. The normalized spacial score (nSPS) is 17.9. The molecule has 0 aliphatic carbocycles. The van der Waals surface area contributed by atoms with Gasteiger partial charge in [-0.3, -0.25) is 4.99 Å². The van der Waals surface area contributed by atoms with Crippen molar-refractivity contribution in [1.82, 2.24) is 10.6 Å². The quantitative estimate of drug-likeness (QED) is 0.332. The summed E-state index contributed by atoms with van der Waals surface area (Å²) in [6.07, 6.45) is 3.73. The Balaban J connectivity index is 0.00000256. The number of rotatable bonds is 6. The van der Waals surface area contributed by atoms with Gasteiger partial charge in [-0.05, 0) is 6.42 Å². The van der Waals surface area contributed by atoms with Crippen molar-refractivity contribution in [3.63, 3.8) is 0 Å². The van der Waals surface area contributed by atoms with Crippen LogP contribution in [-0.2, 0) is 4.74 Å². The van der Waals surface area contributed by atoms with Gasteiger partial charge in [0.1, 0.15) is 0 Å². The summed E-state index contributed by atoms with van der Waals surface area (Å²) in [5.41, 5.74) is 0.293. The zero-order chi connectivity index (χ0) is 11.9. The maximum atomic E-state index is 5.22. The molecule has 1 saturated heterocycles. The molecule has 0 aromatic carbocycles. The van der Waals surface area contributed by atoms with Crippen LogP contribution in [0, 0.1) is 5.41 Å². The van der Waals surface area contributed by atoms with Crippen LogP contribution < -0.4 is 10.6 Å². The van der Waals surface area contributed by atoms with Gasteiger partial charge in [0.05, 0.1) is 13.2 Å². The highest BCUT2D eigenvalue weighted by Gasteiger charge is 2.33. The lowest BCUT2D eigenvalue weighted by atomic mass is 9.89. The number of halogens is 1. The van der Waals surface area contributed by atoms with E-state index < -0.39 is 0 Å². The first-order valence-electron chi connectivity index (χ1n) is 6.22. The fraction of sp³-hybridized carbons (Fsp3) is 0.917. The fourth-order valence-electron chi connectivity index (χ4n) is 1.65. The van der Waals surface area contributed by atoms with Gasteiger partial charge in [-0.15, -0.1) is 24.0 Å². The monoisotopic (exact) mass is 355 g/mol. The molecule has 0 saturated carbocycles. The third kappa shape index (κ3) is 6.45. The predicted octanol–water partition coefficient (Wildman–Crippen LogP) is 2.00. The lowest BCUT2D eigenvalue weighted by molar-refractivity contribution is -0.0971. The first kappa shape index (κ1) is 17.0. The van der Waals surface area contributed by atoms with E-state index in [2.05, 4.69) is 29.5 Å². The number of aliphatic imine (C=N–C) groups is 1. The van der Waals surface area contributed by atoms with Crippen LogP contribution in [0.1, 0.15) is 33.1 Å². The van der Waals surface area contributed by atoms with E-state index in [-0.39, 0.29) is 24.0 Å². The smallest absolute Gasteiger partial charge is 0.190 e. The molecular formula is C12H26IN3O. The molecule has 0 bridgehead atoms. The molecule has 0 spiro atoms. The van der Waals surface area contributed by atoms with Gasteiger partial charge in [0, 0.05) is 25.6 Å². The Bertz CT molecular complexity index is 230. The van der Waals surface area contributed by atoms with Gasteiger partial charge in [0.15, 0.2) is 5.96 Å². The maximum Gasteiger partial charge on any atom is 0.190 e. The molecule has 1 heterocycles. The molecule has 1 aliphatic rings. The van der Waals surface area contributed by atoms with E-state index in [1.165, 1.54) is 19.3 Å². The van der Waals surface area contributed by atoms with E-state index in [1.54, 1.807) is 0 Å². The SMILES string of the molecule is CCCCCNC(=NC)NCC1(C)COC1.I. The minimum Gasteiger partial charge on any atom is -0.380 e. The summed E-state index contributed by atoms with van der Waals surface area (Å²) in [6, 6.07) is 0. The summed E-state index contributed by atoms with van der Waals surface area (Å²) in [6.45, 7) is 8.08. The van der Waals surface area contributed by atoms with Crippen LogP contribution in [0.4, 0.5) is 0 Å². The molecule has 0 aromatic heterocycles. The van der Waals surface area contributed by atoms with Crippen molar-refractivity contribution in [3.8, 4) is 0 Å². The maximum absolute atomic E-state index is 5.22. The van der Waals surface area contributed by atoms with Crippen molar-refractivity contribution in [3.05, 3.63) is 0 Å². The zero-order valence-electron chi connectivity index (χ0n) is 11.2. The predicted molar refractivity (Wildman–Crippen MR) is 83.2 cm³/mol. The Kier molecular flexibility index (Phi) is 8.94. The van der Waals surface area contributed by atoms with Crippen LogP contribution in [0.2, 0.25) is 0 Å². The van der Waals surface area contributed by atoms with Gasteiger partial charge in [0.25, 0.3) is 0 Å². The molecule has 1 rings (SSSR count). The summed E-state index contributed by atoms with van der Waals surface area (Å²) in [5, 5.41) is 6.67. The molecule has 2 N–H and O–H groups in total. The Morgan fingerprint density at radius 3 is 2.47 bits per heavy atom. The number of guanidine groups is 1. The summed E-state index contributed by atoms with van der Waals surface area (Å²) >= 11 is 0. The average molecular weight is 355 g/mol. The number of hydrogen-bond acceptors (Lipinski definition) is 2. The van der Waals surface area contributed by atoms with Crippen LogP contribution in [0.5, 0.6) is 0 Å². The minimum absolute atomic E-state index is 0. The highest BCUT2D eigenvalue weighted by atomic mass is 127. The Morgan fingerprint density at radius 1 is 1.29 bits per heavy atom. The molecular weight excluding hydrogens is 329 g/mol. The third-order valence-corrected chi connectivity index (χ3v) is 2.88. The van der Waals surface area contributed by atoms with Crippen LogP contribution >= 0.6 is 24.0 Å². The summed E-state index contributed by atoms with van der Waals surface area (Å²) in [5.74, 6) is 0.907. The number of unbranched alkanes of at least 4 members (excludes halogenated alkanes) is 2. The summed E-state index contributed by atoms with van der Waals surface area (Å²) in [4.78, 5) is 4.20. The summed E-state index contributed by atoms with van der Waals surface area (Å²) in [7, 11) is 1.81. The first-order chi connectivity index (χ1) is 7.70. The second kappa shape index (κ2) is 8.97. The molecule has 0 radical (unpaired) electrons. The lowest BCUT2D eigenvalue weighted by Gasteiger charge is -2.38. The van der Waals surface area contributed by atoms with Crippen molar-refractivity contribution in [2.75, 3.05) is 33.4 Å². The molecule has 0 unspecified atom stereocenters. The van der Waals surface area contributed by atoms with Crippen molar-refractivity contribution in [1.29, 1.82) is 0 Å². The second-order valence-corrected chi connectivity index (χ2v) is 4.86. The van der Waals surface area contributed by atoms with Gasteiger partial charge in [-0.1, -0.05) is 26.7 Å². The second-order valence-electron chi connectivity index (χ2n) is 4.86. The van der Waals surface area contributed by atoms with Crippen molar-refractivity contribution in [2.45, 2.75) is 33.1 Å². The van der Waals surface area contributed by atoms with Crippen molar-refractivity contribution in [2.24, 2.45) is 10.4 Å². The van der Waals surface area contributed by atoms with E-state index in [9.17, 15) is 0 Å². The molecule has 1 fully saturated rings. The highest BCUT2D eigenvalue weighted by Crippen LogP contribution is 2.24. The molecule has 1 aliphatic heterocycles. The number of ether oxygens (including phenoxy) is 1.